The Kier molecular flexibility index (Phi) is 10.2. The Morgan fingerprint density at radius 2 is 1.81 bits per heavy atom. The number of nitrogens with zero attached hydrogens (tertiary/aromatic N) is 2. The van der Waals surface area contributed by atoms with Crippen molar-refractivity contribution in [1.29, 1.82) is 0 Å². The minimum absolute atomic E-state index is 0.174. The fourth-order valence-electron chi connectivity index (χ4n) is 5.70. The number of hydrogen-bond donors (Lipinski definition) is 4. The highest BCUT2D eigenvalue weighted by atomic mass is 16.5. The Morgan fingerprint density at radius 1 is 1.11 bits per heavy atom. The van der Waals surface area contributed by atoms with E-state index in [1.54, 1.807) is 12.1 Å². The minimum atomic E-state index is -0.704. The third kappa shape index (κ3) is 7.14. The average Bonchev–Trinajstić information content (AvgIpc) is 3.54. The third-order valence-corrected chi connectivity index (χ3v) is 7.71. The number of hydroxylamine groups is 2. The Balaban J connectivity index is 1.64. The first-order chi connectivity index (χ1) is 17.8. The molecule has 202 valence electrons. The first kappa shape index (κ1) is 28.3. The number of nitrogens with one attached hydrogen (secondary N) is 3. The first-order valence-corrected chi connectivity index (χ1v) is 13.0. The molecular weight excluding hydrogens is 478 g/mol. The van der Waals surface area contributed by atoms with Crippen molar-refractivity contribution in [3.05, 3.63) is 29.8 Å². The summed E-state index contributed by atoms with van der Waals surface area (Å²) in [6.07, 6.45) is 7.32. The van der Waals surface area contributed by atoms with E-state index in [1.807, 2.05) is 19.1 Å². The second-order valence-corrected chi connectivity index (χ2v) is 10.1. The highest BCUT2D eigenvalue weighted by Gasteiger charge is 2.55. The van der Waals surface area contributed by atoms with Crippen molar-refractivity contribution in [2.45, 2.75) is 64.3 Å². The zero-order valence-corrected chi connectivity index (χ0v) is 21.4. The van der Waals surface area contributed by atoms with Crippen molar-refractivity contribution in [1.82, 2.24) is 15.7 Å². The molecule has 2 fully saturated rings. The molecule has 3 rings (SSSR count). The Labute approximate surface area is 217 Å². The summed E-state index contributed by atoms with van der Waals surface area (Å²) in [5, 5.41) is 17.9. The van der Waals surface area contributed by atoms with Gasteiger partial charge in [0, 0.05) is 25.1 Å². The van der Waals surface area contributed by atoms with Crippen molar-refractivity contribution in [2.24, 2.45) is 11.8 Å². The quantitative estimate of drug-likeness (QED) is 0.154. The predicted molar refractivity (Wildman–Crippen MR) is 135 cm³/mol. The molecule has 0 bridgehead atoms. The van der Waals surface area contributed by atoms with E-state index in [9.17, 15) is 29.2 Å². The number of carbonyl (C=O) groups excluding carboxylic acids is 5. The van der Waals surface area contributed by atoms with Crippen LogP contribution in [0.3, 0.4) is 0 Å². The summed E-state index contributed by atoms with van der Waals surface area (Å²) in [4.78, 5) is 61.6. The van der Waals surface area contributed by atoms with Crippen LogP contribution >= 0.6 is 0 Å². The largest absolute Gasteiger partial charge is 0.432 e. The van der Waals surface area contributed by atoms with Crippen LogP contribution in [0.15, 0.2) is 24.3 Å². The SMILES string of the molecule is C[C@@H]1CCC[N+]1(C(=O)NC(=O)NCCc1ccc(NC=O)cc1)C(=O)[C@H](CC1CCCC1)CN(O)C=O. The monoisotopic (exact) mass is 516 g/mol. The topological polar surface area (TPSA) is 145 Å². The molecule has 4 N–H and O–H groups in total. The van der Waals surface area contributed by atoms with Crippen molar-refractivity contribution >= 4 is 36.5 Å². The maximum absolute atomic E-state index is 13.9. The van der Waals surface area contributed by atoms with Gasteiger partial charge in [0.05, 0.1) is 19.0 Å². The molecule has 7 amide bonds. The van der Waals surface area contributed by atoms with Gasteiger partial charge in [-0.25, -0.2) is 24.8 Å². The summed E-state index contributed by atoms with van der Waals surface area (Å²) < 4.78 is -0.511. The second kappa shape index (κ2) is 13.3. The molecule has 1 unspecified atom stereocenters. The normalized spacial score (nSPS) is 22.2. The van der Waals surface area contributed by atoms with E-state index in [1.165, 1.54) is 0 Å². The van der Waals surface area contributed by atoms with Gasteiger partial charge in [0.2, 0.25) is 12.8 Å². The van der Waals surface area contributed by atoms with Crippen molar-refractivity contribution in [3.8, 4) is 0 Å². The van der Waals surface area contributed by atoms with Crippen LogP contribution in [-0.2, 0) is 20.8 Å². The van der Waals surface area contributed by atoms with Crippen LogP contribution in [-0.4, -0.2) is 71.2 Å². The smallest absolute Gasteiger partial charge is 0.337 e. The van der Waals surface area contributed by atoms with Gasteiger partial charge in [-0.15, -0.1) is 0 Å². The van der Waals surface area contributed by atoms with E-state index in [2.05, 4.69) is 16.0 Å². The van der Waals surface area contributed by atoms with Crippen LogP contribution < -0.4 is 16.0 Å². The molecule has 3 atom stereocenters. The molecule has 0 radical (unpaired) electrons. The lowest BCUT2D eigenvalue weighted by atomic mass is 9.91. The number of anilines is 1. The van der Waals surface area contributed by atoms with E-state index in [0.717, 1.165) is 31.2 Å². The van der Waals surface area contributed by atoms with Crippen molar-refractivity contribution in [3.63, 3.8) is 0 Å². The van der Waals surface area contributed by atoms with Gasteiger partial charge in [-0.2, -0.15) is 4.48 Å². The summed E-state index contributed by atoms with van der Waals surface area (Å²) in [5.74, 6) is -0.752. The van der Waals surface area contributed by atoms with E-state index >= 15 is 0 Å². The molecule has 1 aliphatic carbocycles. The number of hydrogen-bond acceptors (Lipinski definition) is 6. The lowest BCUT2D eigenvalue weighted by Crippen LogP contribution is -2.66. The minimum Gasteiger partial charge on any atom is -0.337 e. The molecular formula is C26H38N5O6+. The molecule has 11 nitrogen and oxygen atoms in total. The Bertz CT molecular complexity index is 965. The number of rotatable bonds is 11. The number of carbonyl (C=O) groups is 5. The van der Waals surface area contributed by atoms with Crippen LogP contribution in [0.5, 0.6) is 0 Å². The molecule has 1 heterocycles. The van der Waals surface area contributed by atoms with Gasteiger partial charge >= 0.3 is 18.0 Å². The maximum Gasteiger partial charge on any atom is 0.432 e. The fraction of sp³-hybridized carbons (Fsp3) is 0.577. The summed E-state index contributed by atoms with van der Waals surface area (Å²) in [6, 6.07) is 5.48. The number of quaternary nitrogens is 1. The van der Waals surface area contributed by atoms with Crippen LogP contribution in [0, 0.1) is 11.8 Å². The van der Waals surface area contributed by atoms with Crippen LogP contribution in [0.25, 0.3) is 0 Å². The van der Waals surface area contributed by atoms with Gasteiger partial charge in [-0.05, 0) is 43.4 Å². The zero-order chi connectivity index (χ0) is 26.8. The molecule has 1 aromatic rings. The van der Waals surface area contributed by atoms with Gasteiger partial charge < -0.3 is 10.6 Å². The lowest BCUT2D eigenvalue weighted by Gasteiger charge is -2.36. The number of benzene rings is 1. The Morgan fingerprint density at radius 3 is 2.41 bits per heavy atom. The van der Waals surface area contributed by atoms with E-state index in [4.69, 9.17) is 0 Å². The van der Waals surface area contributed by atoms with E-state index in [0.29, 0.717) is 48.8 Å². The van der Waals surface area contributed by atoms with Crippen molar-refractivity contribution < 1.29 is 33.7 Å². The molecule has 2 aliphatic rings. The zero-order valence-electron chi connectivity index (χ0n) is 21.4. The van der Waals surface area contributed by atoms with E-state index in [-0.39, 0.29) is 38.0 Å². The Hall–Kier alpha value is -3.31. The van der Waals surface area contributed by atoms with E-state index < -0.39 is 22.5 Å². The summed E-state index contributed by atoms with van der Waals surface area (Å²) in [5.41, 5.74) is 1.60. The lowest BCUT2D eigenvalue weighted by molar-refractivity contribution is -0.786. The van der Waals surface area contributed by atoms with Crippen molar-refractivity contribution in [2.75, 3.05) is 25.0 Å². The number of amides is 7. The van der Waals surface area contributed by atoms with Gasteiger partial charge in [0.15, 0.2) is 0 Å². The highest BCUT2D eigenvalue weighted by molar-refractivity contribution is 5.95. The molecule has 37 heavy (non-hydrogen) atoms. The molecule has 0 spiro atoms. The second-order valence-electron chi connectivity index (χ2n) is 10.1. The molecule has 1 aromatic carbocycles. The highest BCUT2D eigenvalue weighted by Crippen LogP contribution is 2.35. The van der Waals surface area contributed by atoms with Gasteiger partial charge in [0.1, 0.15) is 6.04 Å². The number of imide groups is 2. The summed E-state index contributed by atoms with van der Waals surface area (Å²) in [6.45, 7) is 2.20. The predicted octanol–water partition coefficient (Wildman–Crippen LogP) is 2.79. The maximum atomic E-state index is 13.9. The van der Waals surface area contributed by atoms with Crippen LogP contribution in [0.1, 0.15) is 57.4 Å². The number of likely N-dealkylation sites (tertiary alicyclic amines) is 1. The summed E-state index contributed by atoms with van der Waals surface area (Å²) >= 11 is 0. The average molecular weight is 517 g/mol. The first-order valence-electron chi connectivity index (χ1n) is 13.0. The van der Waals surface area contributed by atoms with Gasteiger partial charge in [-0.3, -0.25) is 14.8 Å². The molecule has 11 heteroatoms. The molecule has 0 aromatic heterocycles. The van der Waals surface area contributed by atoms with Crippen LogP contribution in [0.2, 0.25) is 0 Å². The van der Waals surface area contributed by atoms with Crippen LogP contribution in [0.4, 0.5) is 15.3 Å². The number of urea groups is 2. The molecule has 1 saturated carbocycles. The van der Waals surface area contributed by atoms with Gasteiger partial charge in [-0.1, -0.05) is 37.8 Å². The fourth-order valence-corrected chi connectivity index (χ4v) is 5.70. The molecule has 1 aliphatic heterocycles. The third-order valence-electron chi connectivity index (χ3n) is 7.71. The van der Waals surface area contributed by atoms with Gasteiger partial charge in [0.25, 0.3) is 0 Å². The molecule has 1 saturated heterocycles. The summed E-state index contributed by atoms with van der Waals surface area (Å²) in [7, 11) is 0. The standard InChI is InChI=1S/C26H37N5O6/c1-19-5-4-14-31(19,24(34)22(16-30(37)18-33)15-21-6-2-3-7-21)26(36)29-25(35)27-13-12-20-8-10-23(11-9-20)28-17-32/h8-11,17-19,21-22,37H,2-7,12-16H2,1H3,(H2-,27,28,29,32,35,36)/p+1/t19-,22-,31?/m1/s1.